The number of hydrogen-bond acceptors (Lipinski definition) is 5. The van der Waals surface area contributed by atoms with E-state index in [1.165, 1.54) is 36.4 Å². The van der Waals surface area contributed by atoms with Crippen molar-refractivity contribution in [3.05, 3.63) is 63.9 Å². The van der Waals surface area contributed by atoms with Gasteiger partial charge in [-0.3, -0.25) is 24.0 Å². The highest BCUT2D eigenvalue weighted by Gasteiger charge is 2.59. The summed E-state index contributed by atoms with van der Waals surface area (Å²) in [5.41, 5.74) is -0.648. The maximum Gasteiger partial charge on any atom is 0.410 e. The quantitative estimate of drug-likeness (QED) is 0.383. The molecule has 0 saturated carbocycles. The Labute approximate surface area is 213 Å². The van der Waals surface area contributed by atoms with Crippen molar-refractivity contribution >= 4 is 45.2 Å². The molecular weight excluding hydrogens is 509 g/mol. The number of hydrogen-bond donors (Lipinski definition) is 5. The summed E-state index contributed by atoms with van der Waals surface area (Å²) in [5, 5.41) is 22.8. The van der Waals surface area contributed by atoms with Crippen molar-refractivity contribution < 1.29 is 23.3 Å². The van der Waals surface area contributed by atoms with Gasteiger partial charge < -0.3 is 10.4 Å². The largest absolute Gasteiger partial charge is 0.465 e. The molecule has 2 amide bonds. The van der Waals surface area contributed by atoms with E-state index >= 15 is 4.39 Å². The van der Waals surface area contributed by atoms with Gasteiger partial charge in [0.15, 0.2) is 0 Å². The average molecular weight is 534 g/mol. The number of amidine groups is 1. The Morgan fingerprint density at radius 2 is 1.97 bits per heavy atom. The Morgan fingerprint density at radius 1 is 1.25 bits per heavy atom. The minimum Gasteiger partial charge on any atom is -0.465 e. The van der Waals surface area contributed by atoms with E-state index in [4.69, 9.17) is 16.9 Å². The number of fused-ring (bicyclic) bond motifs is 1. The summed E-state index contributed by atoms with van der Waals surface area (Å²) in [7, 11) is -3.31. The third kappa shape index (κ3) is 4.05. The monoisotopic (exact) mass is 533 g/mol. The van der Waals surface area contributed by atoms with Crippen LogP contribution in [0.4, 0.5) is 14.9 Å². The second-order valence-corrected chi connectivity index (χ2v) is 13.2. The summed E-state index contributed by atoms with van der Waals surface area (Å²) >= 11 is 6.15. The fourth-order valence-corrected chi connectivity index (χ4v) is 8.90. The van der Waals surface area contributed by atoms with Crippen LogP contribution in [0.15, 0.2) is 41.4 Å². The first kappa shape index (κ1) is 25.8. The summed E-state index contributed by atoms with van der Waals surface area (Å²) in [5.74, 6) is -1.23. The zero-order chi connectivity index (χ0) is 26.5. The molecule has 2 atom stereocenters. The Balaban J connectivity index is 1.78. The molecule has 1 fully saturated rings. The maximum absolute atomic E-state index is 15.3. The number of halogens is 2. The topological polar surface area (TPSA) is 144 Å². The number of benzene rings is 2. The summed E-state index contributed by atoms with van der Waals surface area (Å²) < 4.78 is 31.5. The molecule has 0 radical (unpaired) electrons. The van der Waals surface area contributed by atoms with Gasteiger partial charge in [-0.1, -0.05) is 11.6 Å². The van der Waals surface area contributed by atoms with E-state index in [1.54, 1.807) is 20.8 Å². The molecule has 2 aromatic carbocycles. The van der Waals surface area contributed by atoms with Gasteiger partial charge in [-0.25, -0.2) is 9.18 Å². The zero-order valence-electron chi connectivity index (χ0n) is 19.7. The number of nitrogens with zero attached hydrogens (tertiary/aromatic N) is 2. The second kappa shape index (κ2) is 8.96. The number of anilines is 1. The normalized spacial score (nSPS) is 24.6. The summed E-state index contributed by atoms with van der Waals surface area (Å²) in [4.78, 5) is 29.0. The summed E-state index contributed by atoms with van der Waals surface area (Å²) in [6.07, 6.45) is -0.924. The molecule has 2 aromatic rings. The Morgan fingerprint density at radius 3 is 2.61 bits per heavy atom. The van der Waals surface area contributed by atoms with Crippen molar-refractivity contribution in [3.8, 4) is 6.07 Å². The van der Waals surface area contributed by atoms with E-state index in [-0.39, 0.29) is 27.7 Å². The predicted octanol–water partition coefficient (Wildman–Crippen LogP) is 3.57. The van der Waals surface area contributed by atoms with Crippen LogP contribution in [0.1, 0.15) is 48.7 Å². The van der Waals surface area contributed by atoms with Crippen molar-refractivity contribution in [2.24, 2.45) is 4.99 Å². The molecule has 36 heavy (non-hydrogen) atoms. The van der Waals surface area contributed by atoms with Crippen LogP contribution in [-0.2, 0) is 15.7 Å². The molecule has 0 aromatic heterocycles. The van der Waals surface area contributed by atoms with Crippen molar-refractivity contribution in [1.82, 2.24) is 10.0 Å². The third-order valence-corrected chi connectivity index (χ3v) is 11.5. The van der Waals surface area contributed by atoms with Crippen LogP contribution in [-0.4, -0.2) is 43.7 Å². The highest BCUT2D eigenvalue weighted by molar-refractivity contribution is 8.04. The van der Waals surface area contributed by atoms with Crippen LogP contribution < -0.4 is 15.4 Å². The van der Waals surface area contributed by atoms with Crippen LogP contribution >= 0.6 is 11.6 Å². The molecule has 0 aliphatic carbocycles. The van der Waals surface area contributed by atoms with Crippen LogP contribution in [0.25, 0.3) is 0 Å². The standard InChI is InChI=1S/C24H25ClFN5O4S/c1-23(2)21(30-22(33)34)31-24(3,19-8-9-28-36(19,23)35)16-11-14(5-7-18(16)26)29-20(32)15-6-4-13(12-27)10-17(15)25/h4-7,10-11,19,36H,8-9H2,1-3H3,(H,28,35)(H,29,32)(H,30,31)(H,33,34)/t19-,24+/m0/s1. The third-order valence-electron chi connectivity index (χ3n) is 6.94. The first-order valence-corrected chi connectivity index (χ1v) is 13.2. The van der Waals surface area contributed by atoms with Crippen LogP contribution in [0.3, 0.4) is 0 Å². The van der Waals surface area contributed by atoms with Crippen LogP contribution in [0, 0.1) is 17.1 Å². The van der Waals surface area contributed by atoms with Gasteiger partial charge >= 0.3 is 6.09 Å². The van der Waals surface area contributed by atoms with Crippen LogP contribution in [0.2, 0.25) is 5.02 Å². The molecule has 4 rings (SSSR count). The van der Waals surface area contributed by atoms with Gasteiger partial charge in [0.05, 0.1) is 32.2 Å². The predicted molar refractivity (Wildman–Crippen MR) is 136 cm³/mol. The average Bonchev–Trinajstić information content (AvgIpc) is 3.23. The lowest BCUT2D eigenvalue weighted by molar-refractivity contribution is 0.102. The number of aliphatic imine (C=N–C) groups is 1. The summed E-state index contributed by atoms with van der Waals surface area (Å²) in [6, 6.07) is 10.1. The second-order valence-electron chi connectivity index (χ2n) is 9.42. The van der Waals surface area contributed by atoms with E-state index in [2.05, 4.69) is 20.3 Å². The minimum atomic E-state index is -3.31. The molecule has 12 heteroatoms. The Hall–Kier alpha value is -3.33. The minimum absolute atomic E-state index is 0.0234. The van der Waals surface area contributed by atoms with E-state index in [1.807, 2.05) is 6.07 Å². The molecule has 0 unspecified atom stereocenters. The number of carbonyl (C=O) groups excluding carboxylic acids is 1. The fraction of sp³-hybridized carbons (Fsp3) is 0.333. The zero-order valence-corrected chi connectivity index (χ0v) is 21.4. The van der Waals surface area contributed by atoms with E-state index in [0.29, 0.717) is 18.5 Å². The van der Waals surface area contributed by atoms with Gasteiger partial charge in [-0.15, -0.1) is 0 Å². The highest BCUT2D eigenvalue weighted by Crippen LogP contribution is 2.49. The van der Waals surface area contributed by atoms with Gasteiger partial charge in [0.25, 0.3) is 5.91 Å². The van der Waals surface area contributed by atoms with Crippen LogP contribution in [0.5, 0.6) is 0 Å². The highest BCUT2D eigenvalue weighted by atomic mass is 35.5. The van der Waals surface area contributed by atoms with Crippen molar-refractivity contribution in [1.29, 1.82) is 5.26 Å². The lowest BCUT2D eigenvalue weighted by atomic mass is 9.85. The molecule has 1 saturated heterocycles. The molecule has 2 heterocycles. The van der Waals surface area contributed by atoms with Crippen molar-refractivity contribution in [3.63, 3.8) is 0 Å². The molecule has 2 aliphatic heterocycles. The van der Waals surface area contributed by atoms with Gasteiger partial charge in [0.1, 0.15) is 17.2 Å². The number of rotatable bonds is 3. The van der Waals surface area contributed by atoms with Crippen molar-refractivity contribution in [2.75, 3.05) is 11.9 Å². The smallest absolute Gasteiger partial charge is 0.410 e. The lowest BCUT2D eigenvalue weighted by Crippen LogP contribution is -2.65. The van der Waals surface area contributed by atoms with Gasteiger partial charge in [0, 0.05) is 17.8 Å². The number of amides is 2. The number of thiol groups is 1. The first-order chi connectivity index (χ1) is 16.8. The molecular formula is C24H25ClFN5O4S. The number of carbonyl (C=O) groups is 2. The number of nitrogens with one attached hydrogen (secondary N) is 3. The maximum atomic E-state index is 15.3. The molecule has 4 N–H and O–H groups in total. The van der Waals surface area contributed by atoms with Gasteiger partial charge in [0.2, 0.25) is 0 Å². The number of nitriles is 1. The SMILES string of the molecule is CC1(C)C(NC(=O)O)=N[C@](C)(c2cc(NC(=O)c3ccc(C#N)cc3Cl)ccc2F)[C@@H]2CCN[SH]21=O. The molecule has 2 aliphatic rings. The first-order valence-electron chi connectivity index (χ1n) is 11.1. The van der Waals surface area contributed by atoms with E-state index in [0.717, 1.165) is 0 Å². The Bertz CT molecular complexity index is 1410. The lowest BCUT2D eigenvalue weighted by Gasteiger charge is -2.51. The molecule has 190 valence electrons. The number of carboxylic acid groups (broad SMARTS) is 1. The van der Waals surface area contributed by atoms with Gasteiger partial charge in [-0.05, 0) is 73.7 Å². The van der Waals surface area contributed by atoms with Crippen molar-refractivity contribution in [2.45, 2.75) is 42.7 Å². The van der Waals surface area contributed by atoms with Gasteiger partial charge in [-0.2, -0.15) is 5.26 Å². The fourth-order valence-electron chi connectivity index (χ4n) is 4.96. The van der Waals surface area contributed by atoms with E-state index < -0.39 is 43.5 Å². The summed E-state index contributed by atoms with van der Waals surface area (Å²) in [6.45, 7) is 5.34. The molecule has 0 spiro atoms. The Kier molecular flexibility index (Phi) is 6.41. The molecule has 9 nitrogen and oxygen atoms in total. The van der Waals surface area contributed by atoms with E-state index in [9.17, 15) is 18.9 Å². The molecule has 0 bridgehead atoms.